The van der Waals surface area contributed by atoms with Crippen LogP contribution in [0.15, 0.2) is 24.3 Å². The first-order valence-electron chi connectivity index (χ1n) is 8.52. The van der Waals surface area contributed by atoms with E-state index >= 15 is 0 Å². The monoisotopic (exact) mass is 289 g/mol. The quantitative estimate of drug-likeness (QED) is 0.717. The van der Waals surface area contributed by atoms with E-state index < -0.39 is 0 Å². The minimum atomic E-state index is 0.339. The second-order valence-electron chi connectivity index (χ2n) is 7.00. The molecule has 1 aliphatic carbocycles. The third-order valence-electron chi connectivity index (χ3n) is 4.85. The molecular formula is C19H31NO. The van der Waals surface area contributed by atoms with Gasteiger partial charge in [-0.05, 0) is 55.3 Å². The van der Waals surface area contributed by atoms with Crippen LogP contribution in [0.25, 0.3) is 0 Å². The fraction of sp³-hybridized carbons (Fsp3) is 0.684. The van der Waals surface area contributed by atoms with Gasteiger partial charge in [0.25, 0.3) is 0 Å². The molecule has 1 aliphatic rings. The van der Waals surface area contributed by atoms with Crippen LogP contribution in [-0.4, -0.2) is 19.7 Å². The van der Waals surface area contributed by atoms with Gasteiger partial charge in [0.05, 0.1) is 6.61 Å². The maximum atomic E-state index is 5.80. The largest absolute Gasteiger partial charge is 0.493 e. The van der Waals surface area contributed by atoms with E-state index in [1.165, 1.54) is 24.8 Å². The van der Waals surface area contributed by atoms with E-state index in [0.29, 0.717) is 11.3 Å². The summed E-state index contributed by atoms with van der Waals surface area (Å²) in [7, 11) is 0. The highest BCUT2D eigenvalue weighted by atomic mass is 16.5. The van der Waals surface area contributed by atoms with E-state index in [4.69, 9.17) is 4.74 Å². The van der Waals surface area contributed by atoms with Crippen LogP contribution in [0, 0.1) is 11.8 Å². The van der Waals surface area contributed by atoms with Crippen LogP contribution >= 0.6 is 0 Å². The van der Waals surface area contributed by atoms with Crippen LogP contribution < -0.4 is 10.1 Å². The summed E-state index contributed by atoms with van der Waals surface area (Å²) in [6.45, 7) is 12.0. The van der Waals surface area contributed by atoms with Gasteiger partial charge in [0.2, 0.25) is 0 Å². The zero-order chi connectivity index (χ0) is 15.3. The van der Waals surface area contributed by atoms with Crippen LogP contribution in [0.1, 0.15) is 52.5 Å². The van der Waals surface area contributed by atoms with Crippen molar-refractivity contribution in [2.45, 2.75) is 52.4 Å². The molecule has 0 amide bonds. The van der Waals surface area contributed by atoms with Gasteiger partial charge in [0, 0.05) is 12.0 Å². The third kappa shape index (κ3) is 3.79. The van der Waals surface area contributed by atoms with E-state index in [2.05, 4.69) is 57.3 Å². The summed E-state index contributed by atoms with van der Waals surface area (Å²) in [5, 5.41) is 3.63. The molecule has 2 rings (SSSR count). The van der Waals surface area contributed by atoms with Gasteiger partial charge in [0.1, 0.15) is 5.75 Å². The molecule has 1 aromatic carbocycles. The van der Waals surface area contributed by atoms with Gasteiger partial charge in [-0.25, -0.2) is 0 Å². The van der Waals surface area contributed by atoms with E-state index in [0.717, 1.165) is 31.4 Å². The Morgan fingerprint density at radius 2 is 2.00 bits per heavy atom. The molecule has 0 heterocycles. The van der Waals surface area contributed by atoms with Crippen LogP contribution in [0.3, 0.4) is 0 Å². The molecule has 2 heteroatoms. The third-order valence-corrected chi connectivity index (χ3v) is 4.85. The van der Waals surface area contributed by atoms with Gasteiger partial charge in [-0.15, -0.1) is 0 Å². The Labute approximate surface area is 130 Å². The van der Waals surface area contributed by atoms with Crippen molar-refractivity contribution in [2.24, 2.45) is 11.8 Å². The summed E-state index contributed by atoms with van der Waals surface area (Å²) in [6.07, 6.45) is 3.85. The molecule has 1 fully saturated rings. The van der Waals surface area contributed by atoms with Crippen molar-refractivity contribution in [1.82, 2.24) is 5.32 Å². The summed E-state index contributed by atoms with van der Waals surface area (Å²) in [5.74, 6) is 2.33. The molecule has 0 saturated heterocycles. The van der Waals surface area contributed by atoms with Crippen LogP contribution in [-0.2, 0) is 5.41 Å². The summed E-state index contributed by atoms with van der Waals surface area (Å²) >= 11 is 0. The molecule has 0 aliphatic heterocycles. The standard InChI is InChI=1S/C19H31NO/c1-5-12-20-14-19(11-10-16(19)4)17-6-8-18(9-7-17)21-13-15(2)3/h6-9,15-16,20H,5,10-14H2,1-4H3. The second-order valence-corrected chi connectivity index (χ2v) is 7.00. The maximum Gasteiger partial charge on any atom is 0.119 e. The number of nitrogens with one attached hydrogen (secondary N) is 1. The molecule has 1 saturated carbocycles. The Morgan fingerprint density at radius 3 is 2.48 bits per heavy atom. The molecule has 118 valence electrons. The fourth-order valence-corrected chi connectivity index (χ4v) is 3.21. The molecule has 0 aromatic heterocycles. The lowest BCUT2D eigenvalue weighted by atomic mass is 9.57. The van der Waals surface area contributed by atoms with Crippen molar-refractivity contribution in [1.29, 1.82) is 0 Å². The number of hydrogen-bond acceptors (Lipinski definition) is 2. The number of rotatable bonds is 8. The highest BCUT2D eigenvalue weighted by molar-refractivity contribution is 5.35. The molecule has 21 heavy (non-hydrogen) atoms. The van der Waals surface area contributed by atoms with E-state index in [-0.39, 0.29) is 0 Å². The number of hydrogen-bond donors (Lipinski definition) is 1. The minimum absolute atomic E-state index is 0.339. The first-order chi connectivity index (χ1) is 10.1. The predicted octanol–water partition coefficient (Wildman–Crippen LogP) is 4.39. The van der Waals surface area contributed by atoms with Gasteiger partial charge in [-0.3, -0.25) is 0 Å². The topological polar surface area (TPSA) is 21.3 Å². The lowest BCUT2D eigenvalue weighted by Gasteiger charge is -2.49. The Hall–Kier alpha value is -1.02. The first-order valence-corrected chi connectivity index (χ1v) is 8.52. The van der Waals surface area contributed by atoms with Crippen molar-refractivity contribution < 1.29 is 4.74 Å². The zero-order valence-corrected chi connectivity index (χ0v) is 14.1. The minimum Gasteiger partial charge on any atom is -0.493 e. The Morgan fingerprint density at radius 1 is 1.29 bits per heavy atom. The van der Waals surface area contributed by atoms with Crippen LogP contribution in [0.5, 0.6) is 5.75 Å². The van der Waals surface area contributed by atoms with E-state index in [9.17, 15) is 0 Å². The van der Waals surface area contributed by atoms with E-state index in [1.807, 2.05) is 0 Å². The Balaban J connectivity index is 2.03. The highest BCUT2D eigenvalue weighted by Gasteiger charge is 2.44. The first kappa shape index (κ1) is 16.4. The van der Waals surface area contributed by atoms with Crippen LogP contribution in [0.4, 0.5) is 0 Å². The number of benzene rings is 1. The predicted molar refractivity (Wildman–Crippen MR) is 90.0 cm³/mol. The van der Waals surface area contributed by atoms with Gasteiger partial charge in [-0.2, -0.15) is 0 Å². The molecule has 1 aromatic rings. The van der Waals surface area contributed by atoms with Crippen molar-refractivity contribution in [3.63, 3.8) is 0 Å². The lowest BCUT2D eigenvalue weighted by molar-refractivity contribution is 0.134. The average molecular weight is 289 g/mol. The Bertz CT molecular complexity index is 426. The molecular weight excluding hydrogens is 258 g/mol. The normalized spacial score (nSPS) is 24.9. The molecule has 0 spiro atoms. The van der Waals surface area contributed by atoms with Crippen molar-refractivity contribution in [2.75, 3.05) is 19.7 Å². The van der Waals surface area contributed by atoms with Crippen molar-refractivity contribution in [3.05, 3.63) is 29.8 Å². The summed E-state index contributed by atoms with van der Waals surface area (Å²) < 4.78 is 5.80. The maximum absolute atomic E-state index is 5.80. The van der Waals surface area contributed by atoms with Crippen molar-refractivity contribution >= 4 is 0 Å². The smallest absolute Gasteiger partial charge is 0.119 e. The summed E-state index contributed by atoms with van der Waals surface area (Å²) in [6, 6.07) is 8.84. The van der Waals surface area contributed by atoms with Gasteiger partial charge in [0.15, 0.2) is 0 Å². The Kier molecular flexibility index (Phi) is 5.69. The SMILES string of the molecule is CCCNCC1(c2ccc(OCC(C)C)cc2)CCC1C. The lowest BCUT2D eigenvalue weighted by Crippen LogP contribution is -2.50. The molecule has 0 radical (unpaired) electrons. The van der Waals surface area contributed by atoms with Gasteiger partial charge < -0.3 is 10.1 Å². The zero-order valence-electron chi connectivity index (χ0n) is 14.1. The van der Waals surface area contributed by atoms with Gasteiger partial charge in [-0.1, -0.05) is 39.8 Å². The molecule has 2 atom stereocenters. The fourth-order valence-electron chi connectivity index (χ4n) is 3.21. The molecule has 0 bridgehead atoms. The van der Waals surface area contributed by atoms with Crippen molar-refractivity contribution in [3.8, 4) is 5.75 Å². The molecule has 1 N–H and O–H groups in total. The molecule has 2 nitrogen and oxygen atoms in total. The summed E-state index contributed by atoms with van der Waals surface area (Å²) in [5.41, 5.74) is 1.81. The van der Waals surface area contributed by atoms with Gasteiger partial charge >= 0.3 is 0 Å². The summed E-state index contributed by atoms with van der Waals surface area (Å²) in [4.78, 5) is 0. The second kappa shape index (κ2) is 7.31. The van der Waals surface area contributed by atoms with E-state index in [1.54, 1.807) is 0 Å². The molecule has 2 unspecified atom stereocenters. The number of ether oxygens (including phenoxy) is 1. The highest BCUT2D eigenvalue weighted by Crippen LogP contribution is 2.48. The van der Waals surface area contributed by atoms with Crippen LogP contribution in [0.2, 0.25) is 0 Å². The average Bonchev–Trinajstić information content (AvgIpc) is 2.48.